The molecule has 1 saturated heterocycles. The van der Waals surface area contributed by atoms with Gasteiger partial charge >= 0.3 is 29.8 Å². The standard InChI is InChI=1S/C32H42O12/c1-11-16(5)27(35)41-24-18(7)22-23(25(24)42-28(36)17(6)12-2)30(9,44-19(8)33)14-20(40-21(34)13-15(3)4)32(39)26(22)43-29(37)31(32,10)38/h11-13,20,23-26,38-39H,14H2,1-10H3/b16-11-,17-12-/t20-,23+,24-,25-,26-,30-,31+,32+/m1/s1. The monoisotopic (exact) mass is 618 g/mol. The van der Waals surface area contributed by atoms with Crippen molar-refractivity contribution >= 4 is 29.8 Å². The lowest BCUT2D eigenvalue weighted by atomic mass is 9.75. The van der Waals surface area contributed by atoms with E-state index in [9.17, 15) is 34.2 Å². The lowest BCUT2D eigenvalue weighted by Crippen LogP contribution is -2.64. The Labute approximate surface area is 256 Å². The summed E-state index contributed by atoms with van der Waals surface area (Å²) in [5.74, 6) is -5.55. The fraction of sp³-hybridized carbons (Fsp3) is 0.594. The fourth-order valence-electron chi connectivity index (χ4n) is 6.14. The summed E-state index contributed by atoms with van der Waals surface area (Å²) in [5, 5.41) is 23.8. The average molecular weight is 619 g/mol. The molecule has 0 aromatic carbocycles. The average Bonchev–Trinajstić information content (AvgIpc) is 3.25. The molecule has 0 spiro atoms. The van der Waals surface area contributed by atoms with Gasteiger partial charge in [-0.2, -0.15) is 0 Å². The highest BCUT2D eigenvalue weighted by Gasteiger charge is 2.76. The molecular formula is C32H42O12. The molecule has 0 aromatic rings. The summed E-state index contributed by atoms with van der Waals surface area (Å²) in [4.78, 5) is 64.8. The Hall–Kier alpha value is -3.77. The van der Waals surface area contributed by atoms with Crippen LogP contribution in [0.15, 0.2) is 46.1 Å². The Balaban J connectivity index is 2.38. The van der Waals surface area contributed by atoms with Gasteiger partial charge in [0.2, 0.25) is 0 Å². The predicted octanol–water partition coefficient (Wildman–Crippen LogP) is 2.70. The molecule has 0 unspecified atom stereocenters. The molecule has 0 bridgehead atoms. The summed E-state index contributed by atoms with van der Waals surface area (Å²) < 4.78 is 29.0. The number of ether oxygens (including phenoxy) is 5. The van der Waals surface area contributed by atoms with Crippen LogP contribution in [0.4, 0.5) is 0 Å². The van der Waals surface area contributed by atoms with Gasteiger partial charge < -0.3 is 33.9 Å². The zero-order chi connectivity index (χ0) is 33.5. The molecule has 3 aliphatic rings. The van der Waals surface area contributed by atoms with Gasteiger partial charge in [0.05, 0.1) is 5.92 Å². The third kappa shape index (κ3) is 5.84. The third-order valence-corrected chi connectivity index (χ3v) is 8.70. The van der Waals surface area contributed by atoms with Gasteiger partial charge in [0.15, 0.2) is 29.5 Å². The molecule has 0 amide bonds. The number of carbonyl (C=O) groups is 5. The van der Waals surface area contributed by atoms with E-state index >= 15 is 0 Å². The van der Waals surface area contributed by atoms with Gasteiger partial charge in [-0.25, -0.2) is 19.2 Å². The van der Waals surface area contributed by atoms with Crippen LogP contribution in [0.25, 0.3) is 0 Å². The van der Waals surface area contributed by atoms with E-state index in [-0.39, 0.29) is 22.3 Å². The molecule has 0 aromatic heterocycles. The number of hydrogen-bond acceptors (Lipinski definition) is 12. The molecule has 8 atom stereocenters. The summed E-state index contributed by atoms with van der Waals surface area (Å²) in [6.45, 7) is 14.8. The van der Waals surface area contributed by atoms with Crippen LogP contribution < -0.4 is 0 Å². The van der Waals surface area contributed by atoms with Crippen LogP contribution in [0.2, 0.25) is 0 Å². The van der Waals surface area contributed by atoms with Crippen LogP contribution in [0.3, 0.4) is 0 Å². The van der Waals surface area contributed by atoms with Crippen molar-refractivity contribution in [2.75, 3.05) is 0 Å². The van der Waals surface area contributed by atoms with Crippen LogP contribution in [-0.2, 0) is 47.7 Å². The first-order valence-electron chi connectivity index (χ1n) is 14.4. The van der Waals surface area contributed by atoms with E-state index < -0.39 is 83.4 Å². The SMILES string of the molecule is C/C=C(/C)C(=O)O[C@H]1[C@H](OC(=O)/C(C)=C\C)C(C)=C2[C@H]3OC(=O)[C@](C)(O)[C@]3(O)[C@H](OC(=O)C=C(C)C)C[C@@](C)(OC(C)=O)[C@@H]21. The number of fused-ring (bicyclic) bond motifs is 3. The van der Waals surface area contributed by atoms with Gasteiger partial charge in [-0.3, -0.25) is 4.79 Å². The largest absolute Gasteiger partial charge is 0.459 e. The predicted molar refractivity (Wildman–Crippen MR) is 154 cm³/mol. The molecule has 12 nitrogen and oxygen atoms in total. The number of allylic oxidation sites excluding steroid dienone is 3. The van der Waals surface area contributed by atoms with Crippen molar-refractivity contribution in [3.8, 4) is 0 Å². The van der Waals surface area contributed by atoms with Crippen molar-refractivity contribution in [3.63, 3.8) is 0 Å². The first kappa shape index (κ1) is 34.7. The summed E-state index contributed by atoms with van der Waals surface area (Å²) in [5.41, 5.74) is -5.58. The van der Waals surface area contributed by atoms with Crippen molar-refractivity contribution in [2.24, 2.45) is 5.92 Å². The van der Waals surface area contributed by atoms with Crippen molar-refractivity contribution in [3.05, 3.63) is 46.1 Å². The molecule has 1 heterocycles. The molecule has 0 radical (unpaired) electrons. The molecule has 2 aliphatic carbocycles. The molecule has 1 aliphatic heterocycles. The normalized spacial score (nSPS) is 35.1. The third-order valence-electron chi connectivity index (χ3n) is 8.70. The van der Waals surface area contributed by atoms with Gasteiger partial charge in [-0.1, -0.05) is 17.7 Å². The van der Waals surface area contributed by atoms with Crippen LogP contribution >= 0.6 is 0 Å². The van der Waals surface area contributed by atoms with Gasteiger partial charge in [-0.15, -0.1) is 0 Å². The van der Waals surface area contributed by atoms with Gasteiger partial charge in [0.1, 0.15) is 11.7 Å². The lowest BCUT2D eigenvalue weighted by Gasteiger charge is -2.41. The maximum atomic E-state index is 13.2. The first-order valence-corrected chi connectivity index (χ1v) is 14.4. The smallest absolute Gasteiger partial charge is 0.341 e. The Morgan fingerprint density at radius 3 is 1.95 bits per heavy atom. The maximum Gasteiger partial charge on any atom is 0.341 e. The second-order valence-corrected chi connectivity index (χ2v) is 12.2. The quantitative estimate of drug-likeness (QED) is 0.185. The van der Waals surface area contributed by atoms with Crippen molar-refractivity contribution < 1.29 is 57.9 Å². The van der Waals surface area contributed by atoms with E-state index in [1.807, 2.05) is 0 Å². The number of rotatable bonds is 7. The Bertz CT molecular complexity index is 1380. The van der Waals surface area contributed by atoms with Gasteiger partial charge in [-0.05, 0) is 73.5 Å². The molecule has 1 saturated carbocycles. The molecule has 2 N–H and O–H groups in total. The molecule has 242 valence electrons. The highest BCUT2D eigenvalue weighted by molar-refractivity contribution is 5.89. The Kier molecular flexibility index (Phi) is 9.72. The zero-order valence-electron chi connectivity index (χ0n) is 26.8. The summed E-state index contributed by atoms with van der Waals surface area (Å²) >= 11 is 0. The molecular weight excluding hydrogens is 576 g/mol. The summed E-state index contributed by atoms with van der Waals surface area (Å²) in [7, 11) is 0. The zero-order valence-corrected chi connectivity index (χ0v) is 26.8. The maximum absolute atomic E-state index is 13.2. The van der Waals surface area contributed by atoms with E-state index in [0.717, 1.165) is 19.9 Å². The van der Waals surface area contributed by atoms with E-state index in [4.69, 9.17) is 23.7 Å². The number of carbonyl (C=O) groups excluding carboxylic acids is 5. The minimum Gasteiger partial charge on any atom is -0.459 e. The minimum atomic E-state index is -2.62. The van der Waals surface area contributed by atoms with E-state index in [2.05, 4.69) is 0 Å². The van der Waals surface area contributed by atoms with Gasteiger partial charge in [0, 0.05) is 30.6 Å². The highest BCUT2D eigenvalue weighted by atomic mass is 16.6. The van der Waals surface area contributed by atoms with E-state index in [0.29, 0.717) is 5.57 Å². The number of aliphatic hydroxyl groups is 2. The van der Waals surface area contributed by atoms with Crippen LogP contribution in [0, 0.1) is 5.92 Å². The number of hydrogen-bond donors (Lipinski definition) is 2. The van der Waals surface area contributed by atoms with E-state index in [1.54, 1.807) is 27.7 Å². The molecule has 3 rings (SSSR count). The van der Waals surface area contributed by atoms with Crippen LogP contribution in [0.1, 0.15) is 75.7 Å². The van der Waals surface area contributed by atoms with E-state index in [1.165, 1.54) is 39.8 Å². The minimum absolute atomic E-state index is 0.0926. The summed E-state index contributed by atoms with van der Waals surface area (Å²) in [6.07, 6.45) is -2.25. The summed E-state index contributed by atoms with van der Waals surface area (Å²) in [6, 6.07) is 0. The van der Waals surface area contributed by atoms with Crippen molar-refractivity contribution in [1.82, 2.24) is 0 Å². The van der Waals surface area contributed by atoms with Crippen molar-refractivity contribution in [2.45, 2.75) is 117 Å². The first-order chi connectivity index (χ1) is 20.3. The highest BCUT2D eigenvalue weighted by Crippen LogP contribution is 2.57. The second-order valence-electron chi connectivity index (χ2n) is 12.2. The molecule has 2 fully saturated rings. The Morgan fingerprint density at radius 1 is 0.909 bits per heavy atom. The number of esters is 5. The Morgan fingerprint density at radius 2 is 1.45 bits per heavy atom. The molecule has 44 heavy (non-hydrogen) atoms. The second kappa shape index (κ2) is 12.3. The molecule has 12 heteroatoms. The lowest BCUT2D eigenvalue weighted by molar-refractivity contribution is -0.209. The van der Waals surface area contributed by atoms with Gasteiger partial charge in [0.25, 0.3) is 0 Å². The topological polar surface area (TPSA) is 172 Å². The van der Waals surface area contributed by atoms with Crippen molar-refractivity contribution in [1.29, 1.82) is 0 Å². The fourth-order valence-corrected chi connectivity index (χ4v) is 6.14. The van der Waals surface area contributed by atoms with Crippen LogP contribution in [-0.4, -0.2) is 81.3 Å². The van der Waals surface area contributed by atoms with Crippen LogP contribution in [0.5, 0.6) is 0 Å².